The second-order valence-electron chi connectivity index (χ2n) is 10.5. The molecular formula is C38H24N4O. The minimum atomic E-state index is 0.461. The lowest BCUT2D eigenvalue weighted by atomic mass is 10.1. The van der Waals surface area contributed by atoms with Crippen molar-refractivity contribution < 1.29 is 4.42 Å². The zero-order valence-corrected chi connectivity index (χ0v) is 23.0. The van der Waals surface area contributed by atoms with Crippen LogP contribution in [-0.2, 0) is 0 Å². The quantitative estimate of drug-likeness (QED) is 0.216. The van der Waals surface area contributed by atoms with Gasteiger partial charge in [-0.1, -0.05) is 60.7 Å². The molecule has 0 fully saturated rings. The van der Waals surface area contributed by atoms with Crippen molar-refractivity contribution in [2.45, 2.75) is 0 Å². The van der Waals surface area contributed by atoms with Crippen molar-refractivity contribution in [3.8, 4) is 11.8 Å². The third-order valence-corrected chi connectivity index (χ3v) is 8.11. The average Bonchev–Trinajstić information content (AvgIpc) is 3.61. The van der Waals surface area contributed by atoms with E-state index in [0.29, 0.717) is 11.1 Å². The summed E-state index contributed by atoms with van der Waals surface area (Å²) >= 11 is 0. The molecule has 2 aromatic heterocycles. The molecule has 202 valence electrons. The number of benzene rings is 6. The molecule has 5 heteroatoms. The Morgan fingerprint density at radius 3 is 2.07 bits per heavy atom. The van der Waals surface area contributed by atoms with E-state index in [1.807, 2.05) is 48.5 Å². The number of nitrogens with zero attached hydrogens (tertiary/aromatic N) is 3. The van der Waals surface area contributed by atoms with Crippen LogP contribution in [0, 0.1) is 16.7 Å². The molecule has 0 amide bonds. The van der Waals surface area contributed by atoms with Crippen LogP contribution in [0.4, 0.5) is 17.1 Å². The summed E-state index contributed by atoms with van der Waals surface area (Å²) in [5, 5.41) is 21.8. The highest BCUT2D eigenvalue weighted by Gasteiger charge is 2.21. The Kier molecular flexibility index (Phi) is 5.60. The molecule has 2 heterocycles. The number of aromatic nitrogens is 1. The highest BCUT2D eigenvalue weighted by atomic mass is 16.3. The maximum Gasteiger partial charge on any atom is 0.145 e. The predicted molar refractivity (Wildman–Crippen MR) is 175 cm³/mol. The summed E-state index contributed by atoms with van der Waals surface area (Å²) < 4.78 is 8.75. The Morgan fingerprint density at radius 2 is 1.35 bits per heavy atom. The molecule has 8 rings (SSSR count). The van der Waals surface area contributed by atoms with Gasteiger partial charge in [0.1, 0.15) is 11.2 Å². The Balaban J connectivity index is 1.48. The van der Waals surface area contributed by atoms with E-state index in [1.165, 1.54) is 6.21 Å². The first-order valence-corrected chi connectivity index (χ1v) is 14.1. The van der Waals surface area contributed by atoms with Gasteiger partial charge in [0.05, 0.1) is 28.1 Å². The third kappa shape index (κ3) is 3.82. The number of furan rings is 1. The number of nitrogens with one attached hydrogen (secondary N) is 1. The van der Waals surface area contributed by atoms with Crippen LogP contribution < -0.4 is 4.90 Å². The van der Waals surface area contributed by atoms with E-state index in [2.05, 4.69) is 100 Å². The van der Waals surface area contributed by atoms with Gasteiger partial charge in [-0.25, -0.2) is 0 Å². The summed E-state index contributed by atoms with van der Waals surface area (Å²) in [6, 6.07) is 47.6. The summed E-state index contributed by atoms with van der Waals surface area (Å²) in [4.78, 5) is 2.26. The summed E-state index contributed by atoms with van der Waals surface area (Å²) in [7, 11) is 0. The lowest BCUT2D eigenvalue weighted by Gasteiger charge is -2.25. The molecule has 5 nitrogen and oxygen atoms in total. The maximum absolute atomic E-state index is 9.85. The van der Waals surface area contributed by atoms with Gasteiger partial charge in [0.2, 0.25) is 0 Å². The minimum absolute atomic E-state index is 0.461. The fourth-order valence-electron chi connectivity index (χ4n) is 6.20. The molecule has 0 aliphatic rings. The number of hydrogen-bond donors (Lipinski definition) is 1. The number of fused-ring (bicyclic) bond motifs is 7. The van der Waals surface area contributed by atoms with Crippen LogP contribution >= 0.6 is 0 Å². The first kappa shape index (κ1) is 24.7. The molecule has 6 aromatic carbocycles. The van der Waals surface area contributed by atoms with Crippen LogP contribution in [0.3, 0.4) is 0 Å². The number of rotatable bonds is 5. The highest BCUT2D eigenvalue weighted by Crippen LogP contribution is 2.43. The molecule has 0 bridgehead atoms. The first-order valence-electron chi connectivity index (χ1n) is 14.1. The van der Waals surface area contributed by atoms with Crippen molar-refractivity contribution in [1.82, 2.24) is 4.57 Å². The van der Waals surface area contributed by atoms with Crippen molar-refractivity contribution >= 4 is 67.0 Å². The molecule has 43 heavy (non-hydrogen) atoms. The van der Waals surface area contributed by atoms with Crippen LogP contribution in [0.15, 0.2) is 138 Å². The maximum atomic E-state index is 9.85. The second-order valence-corrected chi connectivity index (χ2v) is 10.5. The zero-order chi connectivity index (χ0) is 28.9. The first-order chi connectivity index (χ1) is 21.2. The summed E-state index contributed by atoms with van der Waals surface area (Å²) in [5.41, 5.74) is 8.72. The largest absolute Gasteiger partial charge is 0.455 e. The van der Waals surface area contributed by atoms with E-state index in [-0.39, 0.29) is 0 Å². The van der Waals surface area contributed by atoms with Crippen molar-refractivity contribution in [3.05, 3.63) is 145 Å². The van der Waals surface area contributed by atoms with Gasteiger partial charge in [-0.3, -0.25) is 0 Å². The van der Waals surface area contributed by atoms with E-state index in [9.17, 15) is 5.26 Å². The molecule has 8 aromatic rings. The molecule has 0 unspecified atom stereocenters. The van der Waals surface area contributed by atoms with E-state index in [0.717, 1.165) is 66.5 Å². The van der Waals surface area contributed by atoms with Gasteiger partial charge in [-0.15, -0.1) is 0 Å². The fraction of sp³-hybridized carbons (Fsp3) is 0. The molecule has 0 saturated heterocycles. The third-order valence-electron chi connectivity index (χ3n) is 8.11. The Hall–Kier alpha value is -6.12. The molecule has 0 saturated carbocycles. The SMILES string of the molecule is N#Cc1cc(-n2c3ccc(N(c4ccccc4)c4ccccc4)cc3c3c4oc5ccccc5c4ccc32)ccc1C=N. The second kappa shape index (κ2) is 9.76. The van der Waals surface area contributed by atoms with E-state index in [4.69, 9.17) is 9.83 Å². The molecule has 0 spiro atoms. The van der Waals surface area contributed by atoms with E-state index >= 15 is 0 Å². The normalized spacial score (nSPS) is 11.3. The standard InChI is InChI=1S/C38H24N4O/c39-23-25-15-16-29(21-26(25)24-40)42-34-19-17-30(41(27-9-3-1-4-10-27)28-11-5-2-6-12-28)22-33(34)37-35(42)20-18-32-31-13-7-8-14-36(31)43-38(32)37/h1-23,39H. The molecule has 1 N–H and O–H groups in total. The van der Waals surface area contributed by atoms with Crippen LogP contribution in [0.5, 0.6) is 0 Å². The zero-order valence-electron chi connectivity index (χ0n) is 23.0. The van der Waals surface area contributed by atoms with Gasteiger partial charge in [0, 0.05) is 50.7 Å². The molecule has 0 atom stereocenters. The number of para-hydroxylation sites is 3. The van der Waals surface area contributed by atoms with Gasteiger partial charge in [0.15, 0.2) is 0 Å². The Labute approximate surface area is 247 Å². The fourth-order valence-corrected chi connectivity index (χ4v) is 6.20. The monoisotopic (exact) mass is 552 g/mol. The number of anilines is 3. The van der Waals surface area contributed by atoms with Crippen molar-refractivity contribution in [2.24, 2.45) is 0 Å². The van der Waals surface area contributed by atoms with Crippen LogP contribution in [0.25, 0.3) is 49.4 Å². The van der Waals surface area contributed by atoms with E-state index < -0.39 is 0 Å². The van der Waals surface area contributed by atoms with Gasteiger partial charge < -0.3 is 19.3 Å². The average molecular weight is 553 g/mol. The van der Waals surface area contributed by atoms with Crippen molar-refractivity contribution in [2.75, 3.05) is 4.90 Å². The summed E-state index contributed by atoms with van der Waals surface area (Å²) in [6.07, 6.45) is 1.22. The summed E-state index contributed by atoms with van der Waals surface area (Å²) in [5.74, 6) is 0. The smallest absolute Gasteiger partial charge is 0.145 e. The van der Waals surface area contributed by atoms with E-state index in [1.54, 1.807) is 0 Å². The van der Waals surface area contributed by atoms with Crippen LogP contribution in [0.1, 0.15) is 11.1 Å². The lowest BCUT2D eigenvalue weighted by molar-refractivity contribution is 0.673. The van der Waals surface area contributed by atoms with Gasteiger partial charge in [0.25, 0.3) is 0 Å². The van der Waals surface area contributed by atoms with Gasteiger partial charge in [-0.2, -0.15) is 5.26 Å². The van der Waals surface area contributed by atoms with Crippen molar-refractivity contribution in [1.29, 1.82) is 10.7 Å². The van der Waals surface area contributed by atoms with Gasteiger partial charge >= 0.3 is 0 Å². The highest BCUT2D eigenvalue weighted by molar-refractivity contribution is 6.24. The Bertz CT molecular complexity index is 2340. The van der Waals surface area contributed by atoms with Crippen molar-refractivity contribution in [3.63, 3.8) is 0 Å². The van der Waals surface area contributed by atoms with Crippen LogP contribution in [0.2, 0.25) is 0 Å². The van der Waals surface area contributed by atoms with Gasteiger partial charge in [-0.05, 0) is 72.8 Å². The molecule has 0 radical (unpaired) electrons. The topological polar surface area (TPSA) is 69.0 Å². The van der Waals surface area contributed by atoms with Crippen LogP contribution in [-0.4, -0.2) is 10.8 Å². The molecular weight excluding hydrogens is 528 g/mol. The number of hydrogen-bond acceptors (Lipinski definition) is 4. The predicted octanol–water partition coefficient (Wildman–Crippen LogP) is 10.0. The number of nitriles is 1. The summed E-state index contributed by atoms with van der Waals surface area (Å²) in [6.45, 7) is 0. The lowest BCUT2D eigenvalue weighted by Crippen LogP contribution is -2.09. The minimum Gasteiger partial charge on any atom is -0.455 e. The molecule has 0 aliphatic heterocycles. The molecule has 0 aliphatic carbocycles. The Morgan fingerprint density at radius 1 is 0.651 bits per heavy atom.